The second-order valence-corrected chi connectivity index (χ2v) is 6.97. The average Bonchev–Trinajstić information content (AvgIpc) is 2.94. The topological polar surface area (TPSA) is 79.8 Å². The molecule has 0 bridgehead atoms. The van der Waals surface area contributed by atoms with Crippen molar-refractivity contribution < 1.29 is 4.79 Å². The van der Waals surface area contributed by atoms with E-state index in [1.54, 1.807) is 18.6 Å². The largest absolute Gasteiger partial charge is 0.347 e. The maximum absolute atomic E-state index is 12.6. The number of nitrogens with one attached hydrogen (secondary N) is 2. The maximum Gasteiger partial charge on any atom is 0.261 e. The molecule has 0 aliphatic carbocycles. The smallest absolute Gasteiger partial charge is 0.261 e. The monoisotopic (exact) mass is 316 g/mol. The third-order valence-corrected chi connectivity index (χ3v) is 4.05. The summed E-state index contributed by atoms with van der Waals surface area (Å²) in [7, 11) is 0. The van der Waals surface area contributed by atoms with E-state index >= 15 is 0 Å². The predicted octanol–water partition coefficient (Wildman–Crippen LogP) is 2.03. The number of amides is 1. The van der Waals surface area contributed by atoms with Gasteiger partial charge < -0.3 is 14.9 Å². The first-order chi connectivity index (χ1) is 10.7. The van der Waals surface area contributed by atoms with E-state index in [2.05, 4.69) is 36.1 Å². The highest BCUT2D eigenvalue weighted by Crippen LogP contribution is 2.21. The maximum atomic E-state index is 12.6. The number of aryl methyl sites for hydroxylation is 2. The fourth-order valence-electron chi connectivity index (χ4n) is 2.27. The molecule has 0 aliphatic rings. The molecule has 2 aromatic heterocycles. The van der Waals surface area contributed by atoms with E-state index in [9.17, 15) is 9.59 Å². The Kier molecular flexibility index (Phi) is 4.73. The quantitative estimate of drug-likeness (QED) is 0.906. The van der Waals surface area contributed by atoms with E-state index in [0.29, 0.717) is 6.54 Å². The standard InChI is InChI=1S/C17H24N4O2/c1-11-8-13(15(22)19-12(11)2)16(23)20-14(17(3,4)5)9-21-7-6-18-10-21/h6-8,10,14H,9H2,1-5H3,(H,19,22)(H,20,23)/t14-/m1/s1. The second-order valence-electron chi connectivity index (χ2n) is 6.97. The Balaban J connectivity index is 2.24. The summed E-state index contributed by atoms with van der Waals surface area (Å²) in [6, 6.07) is 1.51. The van der Waals surface area contributed by atoms with Crippen LogP contribution in [0.4, 0.5) is 0 Å². The van der Waals surface area contributed by atoms with Crippen molar-refractivity contribution in [3.63, 3.8) is 0 Å². The molecule has 2 N–H and O–H groups in total. The molecule has 0 aliphatic heterocycles. The number of carbonyl (C=O) groups excluding carboxylic acids is 1. The first kappa shape index (κ1) is 17.0. The number of hydrogen-bond donors (Lipinski definition) is 2. The molecule has 2 rings (SSSR count). The van der Waals surface area contributed by atoms with E-state index in [-0.39, 0.29) is 28.5 Å². The molecule has 2 aromatic rings. The summed E-state index contributed by atoms with van der Waals surface area (Å²) in [6.45, 7) is 10.4. The molecule has 124 valence electrons. The van der Waals surface area contributed by atoms with Crippen LogP contribution in [0.25, 0.3) is 0 Å². The molecule has 2 heterocycles. The molecule has 0 fully saturated rings. The van der Waals surface area contributed by atoms with Gasteiger partial charge in [-0.05, 0) is 30.9 Å². The summed E-state index contributed by atoms with van der Waals surface area (Å²) in [5.74, 6) is -0.352. The highest BCUT2D eigenvalue weighted by molar-refractivity contribution is 5.94. The van der Waals surface area contributed by atoms with Crippen LogP contribution < -0.4 is 10.9 Å². The Hall–Kier alpha value is -2.37. The molecule has 0 radical (unpaired) electrons. The lowest BCUT2D eigenvalue weighted by Crippen LogP contribution is -2.47. The number of nitrogens with zero attached hydrogens (tertiary/aromatic N) is 2. The van der Waals surface area contributed by atoms with Gasteiger partial charge in [-0.1, -0.05) is 20.8 Å². The minimum atomic E-state index is -0.360. The Bertz CT molecular complexity index is 739. The Labute approximate surface area is 136 Å². The summed E-state index contributed by atoms with van der Waals surface area (Å²) >= 11 is 0. The van der Waals surface area contributed by atoms with Gasteiger partial charge in [0.1, 0.15) is 5.56 Å². The number of pyridine rings is 1. The third kappa shape index (κ3) is 4.09. The van der Waals surface area contributed by atoms with Crippen LogP contribution in [0.3, 0.4) is 0 Å². The molecule has 1 atom stereocenters. The number of H-pyrrole nitrogens is 1. The van der Waals surface area contributed by atoms with Crippen molar-refractivity contribution in [2.24, 2.45) is 5.41 Å². The molecule has 0 saturated carbocycles. The van der Waals surface area contributed by atoms with Crippen LogP contribution >= 0.6 is 0 Å². The SMILES string of the molecule is Cc1cc(C(=O)N[C@H](Cn2ccnc2)C(C)(C)C)c(=O)[nH]c1C. The van der Waals surface area contributed by atoms with E-state index in [4.69, 9.17) is 0 Å². The zero-order valence-electron chi connectivity index (χ0n) is 14.3. The minimum Gasteiger partial charge on any atom is -0.347 e. The summed E-state index contributed by atoms with van der Waals surface area (Å²) in [5.41, 5.74) is 1.29. The zero-order valence-corrected chi connectivity index (χ0v) is 14.3. The van der Waals surface area contributed by atoms with Crippen molar-refractivity contribution in [1.29, 1.82) is 0 Å². The number of aromatic nitrogens is 3. The highest BCUT2D eigenvalue weighted by atomic mass is 16.2. The lowest BCUT2D eigenvalue weighted by atomic mass is 9.86. The van der Waals surface area contributed by atoms with Crippen LogP contribution in [0.2, 0.25) is 0 Å². The van der Waals surface area contributed by atoms with Crippen LogP contribution in [-0.2, 0) is 6.54 Å². The molecule has 23 heavy (non-hydrogen) atoms. The lowest BCUT2D eigenvalue weighted by molar-refractivity contribution is 0.0891. The molecule has 6 heteroatoms. The van der Waals surface area contributed by atoms with Gasteiger partial charge >= 0.3 is 0 Å². The number of aromatic amines is 1. The van der Waals surface area contributed by atoms with Crippen molar-refractivity contribution in [2.75, 3.05) is 0 Å². The predicted molar refractivity (Wildman–Crippen MR) is 89.5 cm³/mol. The average molecular weight is 316 g/mol. The fourth-order valence-corrected chi connectivity index (χ4v) is 2.27. The Morgan fingerprint density at radius 3 is 2.65 bits per heavy atom. The number of rotatable bonds is 4. The normalized spacial score (nSPS) is 12.9. The summed E-state index contributed by atoms with van der Waals surface area (Å²) in [5, 5.41) is 2.99. The van der Waals surface area contributed by atoms with Crippen molar-refractivity contribution in [3.05, 3.63) is 52.0 Å². The van der Waals surface area contributed by atoms with Crippen LogP contribution in [0.1, 0.15) is 42.4 Å². The van der Waals surface area contributed by atoms with Gasteiger partial charge in [0.25, 0.3) is 11.5 Å². The van der Waals surface area contributed by atoms with Gasteiger partial charge in [0, 0.05) is 24.6 Å². The van der Waals surface area contributed by atoms with Gasteiger partial charge in [0.05, 0.1) is 12.4 Å². The molecule has 6 nitrogen and oxygen atoms in total. The van der Waals surface area contributed by atoms with Crippen LogP contribution in [-0.4, -0.2) is 26.5 Å². The number of carbonyl (C=O) groups is 1. The second kappa shape index (κ2) is 6.40. The summed E-state index contributed by atoms with van der Waals surface area (Å²) in [4.78, 5) is 31.3. The van der Waals surface area contributed by atoms with Gasteiger partial charge in [0.2, 0.25) is 0 Å². The van der Waals surface area contributed by atoms with E-state index < -0.39 is 0 Å². The first-order valence-corrected chi connectivity index (χ1v) is 7.65. The van der Waals surface area contributed by atoms with Gasteiger partial charge in [-0.15, -0.1) is 0 Å². The highest BCUT2D eigenvalue weighted by Gasteiger charge is 2.27. The fraction of sp³-hybridized carbons (Fsp3) is 0.471. The summed E-state index contributed by atoms with van der Waals surface area (Å²) in [6.07, 6.45) is 5.27. The van der Waals surface area contributed by atoms with Gasteiger partial charge in [-0.2, -0.15) is 0 Å². The zero-order chi connectivity index (χ0) is 17.2. The lowest BCUT2D eigenvalue weighted by Gasteiger charge is -2.31. The molecule has 0 saturated heterocycles. The molecule has 0 spiro atoms. The molecular formula is C17H24N4O2. The van der Waals surface area contributed by atoms with Crippen LogP contribution in [0, 0.1) is 19.3 Å². The molecule has 0 unspecified atom stereocenters. The van der Waals surface area contributed by atoms with Crippen LogP contribution in [0.5, 0.6) is 0 Å². The molecule has 0 aromatic carbocycles. The van der Waals surface area contributed by atoms with Crippen molar-refractivity contribution in [3.8, 4) is 0 Å². The van der Waals surface area contributed by atoms with Crippen LogP contribution in [0.15, 0.2) is 29.6 Å². The van der Waals surface area contributed by atoms with E-state index in [0.717, 1.165) is 11.3 Å². The van der Waals surface area contributed by atoms with Gasteiger partial charge in [-0.25, -0.2) is 4.98 Å². The Morgan fingerprint density at radius 1 is 1.39 bits per heavy atom. The molecular weight excluding hydrogens is 292 g/mol. The summed E-state index contributed by atoms with van der Waals surface area (Å²) < 4.78 is 1.92. The minimum absolute atomic E-state index is 0.134. The Morgan fingerprint density at radius 2 is 2.09 bits per heavy atom. The van der Waals surface area contributed by atoms with Crippen molar-refractivity contribution in [2.45, 2.75) is 47.2 Å². The van der Waals surface area contributed by atoms with Gasteiger partial charge in [-0.3, -0.25) is 9.59 Å². The van der Waals surface area contributed by atoms with Gasteiger partial charge in [0.15, 0.2) is 0 Å². The van der Waals surface area contributed by atoms with E-state index in [1.807, 2.05) is 24.6 Å². The number of hydrogen-bond acceptors (Lipinski definition) is 3. The third-order valence-electron chi connectivity index (χ3n) is 4.05. The first-order valence-electron chi connectivity index (χ1n) is 7.65. The van der Waals surface area contributed by atoms with Crippen molar-refractivity contribution in [1.82, 2.24) is 19.9 Å². The number of imidazole rings is 1. The molecule has 1 amide bonds. The van der Waals surface area contributed by atoms with Crippen molar-refractivity contribution >= 4 is 5.91 Å². The van der Waals surface area contributed by atoms with E-state index in [1.165, 1.54) is 0 Å².